The van der Waals surface area contributed by atoms with Crippen LogP contribution in [0.2, 0.25) is 5.02 Å². The third-order valence-electron chi connectivity index (χ3n) is 2.48. The van der Waals surface area contributed by atoms with Gasteiger partial charge in [0.25, 0.3) is 5.91 Å². The molecule has 1 amide bonds. The number of aryl methyl sites for hydroxylation is 1. The van der Waals surface area contributed by atoms with Gasteiger partial charge >= 0.3 is 0 Å². The first-order valence-electron chi connectivity index (χ1n) is 5.16. The summed E-state index contributed by atoms with van der Waals surface area (Å²) in [6, 6.07) is 1.44. The van der Waals surface area contributed by atoms with E-state index in [9.17, 15) is 13.6 Å². The first-order chi connectivity index (χ1) is 8.90. The number of halogens is 3. The zero-order chi connectivity index (χ0) is 14.2. The van der Waals surface area contributed by atoms with Gasteiger partial charge in [-0.05, 0) is 19.1 Å². The Kier molecular flexibility index (Phi) is 3.39. The van der Waals surface area contributed by atoms with Crippen molar-refractivity contribution in [1.29, 1.82) is 0 Å². The number of hydrogen-bond acceptors (Lipinski definition) is 3. The minimum absolute atomic E-state index is 0.0530. The number of aromatic nitrogens is 2. The van der Waals surface area contributed by atoms with Crippen LogP contribution in [0.5, 0.6) is 0 Å². The van der Waals surface area contributed by atoms with Crippen LogP contribution in [0.15, 0.2) is 12.1 Å². The topological polar surface area (TPSA) is 83.8 Å². The fourth-order valence-corrected chi connectivity index (χ4v) is 1.55. The molecule has 0 atom stereocenters. The lowest BCUT2D eigenvalue weighted by molar-refractivity contribution is 0.102. The number of nitrogens with one attached hydrogen (secondary N) is 2. The fourth-order valence-electron chi connectivity index (χ4n) is 1.40. The van der Waals surface area contributed by atoms with Gasteiger partial charge in [-0.25, -0.2) is 8.78 Å². The summed E-state index contributed by atoms with van der Waals surface area (Å²) in [5.74, 6) is -2.64. The second-order valence-corrected chi connectivity index (χ2v) is 4.22. The Bertz CT molecular complexity index is 656. The highest BCUT2D eigenvalue weighted by molar-refractivity contribution is 6.30. The highest BCUT2D eigenvalue weighted by Gasteiger charge is 2.18. The van der Waals surface area contributed by atoms with E-state index in [1.165, 1.54) is 0 Å². The van der Waals surface area contributed by atoms with Gasteiger partial charge in [0.2, 0.25) is 0 Å². The number of hydrogen-bond donors (Lipinski definition) is 3. The lowest BCUT2D eigenvalue weighted by Gasteiger charge is -2.05. The van der Waals surface area contributed by atoms with Crippen molar-refractivity contribution in [3.8, 4) is 0 Å². The Morgan fingerprint density at radius 2 is 2.11 bits per heavy atom. The number of nitrogens with two attached hydrogens (primary N) is 1. The maximum Gasteiger partial charge on any atom is 0.260 e. The average Bonchev–Trinajstić information content (AvgIpc) is 2.65. The molecule has 1 aromatic heterocycles. The van der Waals surface area contributed by atoms with E-state index < -0.39 is 28.1 Å². The summed E-state index contributed by atoms with van der Waals surface area (Å²) < 4.78 is 26.7. The van der Waals surface area contributed by atoms with Gasteiger partial charge in [-0.15, -0.1) is 0 Å². The number of carbonyl (C=O) groups excluding carboxylic acids is 1. The lowest BCUT2D eigenvalue weighted by Crippen LogP contribution is -2.15. The Hall–Kier alpha value is -2.15. The minimum Gasteiger partial charge on any atom is -0.394 e. The maximum absolute atomic E-state index is 13.5. The van der Waals surface area contributed by atoms with Crippen molar-refractivity contribution in [2.45, 2.75) is 6.92 Å². The van der Waals surface area contributed by atoms with Crippen molar-refractivity contribution in [2.75, 3.05) is 11.1 Å². The second-order valence-electron chi connectivity index (χ2n) is 3.81. The normalized spacial score (nSPS) is 10.5. The summed E-state index contributed by atoms with van der Waals surface area (Å²) in [4.78, 5) is 11.8. The standard InChI is InChI=1S/C11H9ClF2N4O/c1-4-9(15)10(18-17-4)16-11(19)5-2-8(14)6(12)3-7(5)13/h2-3H,15H2,1H3,(H2,16,17,18,19). The van der Waals surface area contributed by atoms with Gasteiger partial charge in [-0.3, -0.25) is 9.89 Å². The molecule has 5 nitrogen and oxygen atoms in total. The van der Waals surface area contributed by atoms with Crippen LogP contribution in [0.3, 0.4) is 0 Å². The van der Waals surface area contributed by atoms with Crippen molar-refractivity contribution in [3.05, 3.63) is 40.0 Å². The molecule has 0 aliphatic rings. The van der Waals surface area contributed by atoms with E-state index in [2.05, 4.69) is 15.5 Å². The number of H-pyrrole nitrogens is 1. The van der Waals surface area contributed by atoms with Crippen LogP contribution in [-0.4, -0.2) is 16.1 Å². The monoisotopic (exact) mass is 286 g/mol. The summed E-state index contributed by atoms with van der Waals surface area (Å²) in [5.41, 5.74) is 5.92. The Morgan fingerprint density at radius 3 is 2.68 bits per heavy atom. The van der Waals surface area contributed by atoms with E-state index in [1.54, 1.807) is 6.92 Å². The van der Waals surface area contributed by atoms with Crippen molar-refractivity contribution < 1.29 is 13.6 Å². The third-order valence-corrected chi connectivity index (χ3v) is 2.77. The molecule has 8 heteroatoms. The van der Waals surface area contributed by atoms with Crippen LogP contribution in [0.4, 0.5) is 20.3 Å². The molecule has 2 aromatic rings. The first kappa shape index (κ1) is 13.3. The van der Waals surface area contributed by atoms with Gasteiger partial charge in [0.1, 0.15) is 11.6 Å². The molecule has 0 aliphatic heterocycles. The molecule has 0 saturated carbocycles. The van der Waals surface area contributed by atoms with Crippen molar-refractivity contribution in [3.63, 3.8) is 0 Å². The van der Waals surface area contributed by atoms with Gasteiger partial charge in [0, 0.05) is 0 Å². The molecule has 19 heavy (non-hydrogen) atoms. The number of rotatable bonds is 2. The number of nitrogen functional groups attached to an aromatic ring is 1. The quantitative estimate of drug-likeness (QED) is 0.742. The Morgan fingerprint density at radius 1 is 1.42 bits per heavy atom. The molecule has 0 fully saturated rings. The van der Waals surface area contributed by atoms with Gasteiger partial charge in [-0.2, -0.15) is 5.10 Å². The van der Waals surface area contributed by atoms with Crippen molar-refractivity contribution in [2.24, 2.45) is 0 Å². The summed E-state index contributed by atoms with van der Waals surface area (Å²) in [7, 11) is 0. The summed E-state index contributed by atoms with van der Waals surface area (Å²) in [6.07, 6.45) is 0. The van der Waals surface area contributed by atoms with Gasteiger partial charge in [0.15, 0.2) is 5.82 Å². The summed E-state index contributed by atoms with van der Waals surface area (Å²) in [6.45, 7) is 1.65. The number of nitrogens with zero attached hydrogens (tertiary/aromatic N) is 1. The van der Waals surface area contributed by atoms with Gasteiger partial charge < -0.3 is 11.1 Å². The van der Waals surface area contributed by atoms with E-state index in [0.717, 1.165) is 6.07 Å². The third kappa shape index (κ3) is 2.50. The largest absolute Gasteiger partial charge is 0.394 e. The molecule has 0 spiro atoms. The van der Waals surface area contributed by atoms with Crippen LogP contribution in [-0.2, 0) is 0 Å². The second kappa shape index (κ2) is 4.85. The SMILES string of the molecule is Cc1[nH]nc(NC(=O)c2cc(F)c(Cl)cc2F)c1N. The zero-order valence-corrected chi connectivity index (χ0v) is 10.5. The maximum atomic E-state index is 13.5. The molecule has 0 saturated heterocycles. The molecule has 100 valence electrons. The molecule has 0 radical (unpaired) electrons. The van der Waals surface area contributed by atoms with Crippen molar-refractivity contribution in [1.82, 2.24) is 10.2 Å². The number of amides is 1. The molecule has 0 bridgehead atoms. The molecule has 0 unspecified atom stereocenters. The highest BCUT2D eigenvalue weighted by atomic mass is 35.5. The number of aromatic amines is 1. The smallest absolute Gasteiger partial charge is 0.260 e. The van der Waals surface area contributed by atoms with E-state index in [4.69, 9.17) is 17.3 Å². The molecule has 1 aromatic carbocycles. The summed E-state index contributed by atoms with van der Waals surface area (Å²) >= 11 is 5.40. The molecule has 2 rings (SSSR count). The van der Waals surface area contributed by atoms with Crippen molar-refractivity contribution >= 4 is 29.0 Å². The van der Waals surface area contributed by atoms with Crippen LogP contribution in [0.25, 0.3) is 0 Å². The number of anilines is 2. The van der Waals surface area contributed by atoms with E-state index in [1.807, 2.05) is 0 Å². The zero-order valence-electron chi connectivity index (χ0n) is 9.72. The lowest BCUT2D eigenvalue weighted by atomic mass is 10.2. The fraction of sp³-hybridized carbons (Fsp3) is 0.0909. The average molecular weight is 287 g/mol. The molecular weight excluding hydrogens is 278 g/mol. The van der Waals surface area contributed by atoms with E-state index in [-0.39, 0.29) is 11.5 Å². The van der Waals surface area contributed by atoms with Crippen LogP contribution in [0, 0.1) is 18.6 Å². The highest BCUT2D eigenvalue weighted by Crippen LogP contribution is 2.22. The predicted octanol–water partition coefficient (Wildman–Crippen LogP) is 2.48. The van der Waals surface area contributed by atoms with E-state index in [0.29, 0.717) is 11.8 Å². The Balaban J connectivity index is 2.30. The number of carbonyl (C=O) groups is 1. The molecule has 1 heterocycles. The Labute approximate surface area is 111 Å². The van der Waals surface area contributed by atoms with Crippen LogP contribution < -0.4 is 11.1 Å². The predicted molar refractivity (Wildman–Crippen MR) is 67.1 cm³/mol. The number of benzene rings is 1. The van der Waals surface area contributed by atoms with Crippen LogP contribution in [0.1, 0.15) is 16.1 Å². The summed E-state index contributed by atoms with van der Waals surface area (Å²) in [5, 5.41) is 8.16. The molecule has 4 N–H and O–H groups in total. The van der Waals surface area contributed by atoms with Gasteiger partial charge in [0.05, 0.1) is 22.0 Å². The molecular formula is C11H9ClF2N4O. The van der Waals surface area contributed by atoms with Gasteiger partial charge in [-0.1, -0.05) is 11.6 Å². The van der Waals surface area contributed by atoms with Crippen LogP contribution >= 0.6 is 11.6 Å². The first-order valence-corrected chi connectivity index (χ1v) is 5.54. The molecule has 0 aliphatic carbocycles. The van der Waals surface area contributed by atoms with E-state index >= 15 is 0 Å². The minimum atomic E-state index is -0.935.